The van der Waals surface area contributed by atoms with Crippen LogP contribution in [0.4, 0.5) is 0 Å². The Morgan fingerprint density at radius 3 is 2.58 bits per heavy atom. The van der Waals surface area contributed by atoms with Crippen molar-refractivity contribution in [2.24, 2.45) is 4.99 Å². The van der Waals surface area contributed by atoms with Crippen molar-refractivity contribution in [1.29, 1.82) is 0 Å². The predicted molar refractivity (Wildman–Crippen MR) is 141 cm³/mol. The van der Waals surface area contributed by atoms with E-state index in [-0.39, 0.29) is 22.1 Å². The van der Waals surface area contributed by atoms with Crippen LogP contribution in [0.2, 0.25) is 5.02 Å². The van der Waals surface area contributed by atoms with Crippen LogP contribution < -0.4 is 19.6 Å². The number of carbonyl (C=O) groups is 1. The molecule has 0 unspecified atom stereocenters. The molecular formula is C27H27ClN2O5S. The number of hydrogen-bond acceptors (Lipinski definition) is 7. The van der Waals surface area contributed by atoms with Gasteiger partial charge in [0.25, 0.3) is 5.56 Å². The summed E-state index contributed by atoms with van der Waals surface area (Å²) in [5.74, 6) is -0.108. The van der Waals surface area contributed by atoms with Crippen LogP contribution in [-0.2, 0) is 9.53 Å². The molecule has 1 aromatic heterocycles. The lowest BCUT2D eigenvalue weighted by atomic mass is 9.93. The van der Waals surface area contributed by atoms with Crippen molar-refractivity contribution in [3.63, 3.8) is 0 Å². The number of halogens is 1. The molecule has 4 rings (SSSR count). The number of phenols is 1. The molecule has 9 heteroatoms. The van der Waals surface area contributed by atoms with Crippen LogP contribution in [-0.4, -0.2) is 29.4 Å². The quantitative estimate of drug-likeness (QED) is 0.484. The molecule has 0 bridgehead atoms. The maximum absolute atomic E-state index is 13.7. The fraction of sp³-hybridized carbons (Fsp3) is 0.296. The SMILES string of the molecule is CCOc1cc(/C=c2/sc3n(c2=O)[C@H](c2ccc(C(C)C)cc2)C(C(=O)OC)=C(C)N=3)cc(Cl)c1O. The first kappa shape index (κ1) is 25.7. The molecule has 0 saturated heterocycles. The normalized spacial score (nSPS) is 15.6. The minimum Gasteiger partial charge on any atom is -0.503 e. The Bertz CT molecular complexity index is 1530. The first-order valence-corrected chi connectivity index (χ1v) is 12.7. The van der Waals surface area contributed by atoms with E-state index in [0.717, 1.165) is 11.1 Å². The van der Waals surface area contributed by atoms with Crippen molar-refractivity contribution in [3.8, 4) is 11.5 Å². The van der Waals surface area contributed by atoms with Gasteiger partial charge in [-0.1, -0.05) is 61.1 Å². The molecule has 0 radical (unpaired) electrons. The number of aromatic nitrogens is 1. The minimum atomic E-state index is -0.681. The molecule has 36 heavy (non-hydrogen) atoms. The Balaban J connectivity index is 1.93. The Morgan fingerprint density at radius 1 is 1.28 bits per heavy atom. The largest absolute Gasteiger partial charge is 0.503 e. The van der Waals surface area contributed by atoms with Crippen LogP contribution in [0.5, 0.6) is 11.5 Å². The fourth-order valence-electron chi connectivity index (χ4n) is 4.17. The van der Waals surface area contributed by atoms with Gasteiger partial charge in [0.05, 0.1) is 40.6 Å². The number of ether oxygens (including phenoxy) is 2. The highest BCUT2D eigenvalue weighted by Crippen LogP contribution is 2.35. The van der Waals surface area contributed by atoms with Gasteiger partial charge in [0.15, 0.2) is 16.3 Å². The minimum absolute atomic E-state index is 0.118. The molecule has 0 spiro atoms. The highest BCUT2D eigenvalue weighted by Gasteiger charge is 2.33. The van der Waals surface area contributed by atoms with Crippen molar-refractivity contribution in [3.05, 3.63) is 89.1 Å². The highest BCUT2D eigenvalue weighted by molar-refractivity contribution is 7.07. The molecule has 0 saturated carbocycles. The van der Waals surface area contributed by atoms with E-state index in [4.69, 9.17) is 21.1 Å². The summed E-state index contributed by atoms with van der Waals surface area (Å²) in [6, 6.07) is 10.4. The van der Waals surface area contributed by atoms with E-state index in [1.807, 2.05) is 24.3 Å². The molecule has 1 aliphatic rings. The number of thiazole rings is 1. The standard InChI is InChI=1S/C27H27ClN2O5S/c1-6-35-20-12-16(11-19(28)24(20)31)13-21-25(32)30-23(18-9-7-17(8-10-18)14(2)3)22(26(33)34-5)15(4)29-27(30)36-21/h7-14,23,31H,6H2,1-5H3/b21-13+/t23-/m1/s1. The van der Waals surface area contributed by atoms with Gasteiger partial charge in [-0.2, -0.15) is 0 Å². The molecule has 1 N–H and O–H groups in total. The Hall–Kier alpha value is -3.36. The second-order valence-electron chi connectivity index (χ2n) is 8.68. The zero-order valence-corrected chi connectivity index (χ0v) is 22.2. The number of hydrogen-bond donors (Lipinski definition) is 1. The summed E-state index contributed by atoms with van der Waals surface area (Å²) in [7, 11) is 1.32. The van der Waals surface area contributed by atoms with Crippen molar-refractivity contribution in [2.75, 3.05) is 13.7 Å². The lowest BCUT2D eigenvalue weighted by Gasteiger charge is -2.24. The van der Waals surface area contributed by atoms with Gasteiger partial charge >= 0.3 is 5.97 Å². The van der Waals surface area contributed by atoms with Gasteiger partial charge in [-0.3, -0.25) is 9.36 Å². The van der Waals surface area contributed by atoms with Crippen LogP contribution in [0.25, 0.3) is 6.08 Å². The maximum Gasteiger partial charge on any atom is 0.338 e. The van der Waals surface area contributed by atoms with Gasteiger partial charge in [-0.15, -0.1) is 0 Å². The van der Waals surface area contributed by atoms with E-state index in [2.05, 4.69) is 18.8 Å². The van der Waals surface area contributed by atoms with Gasteiger partial charge in [-0.25, -0.2) is 9.79 Å². The average Bonchev–Trinajstić information content (AvgIpc) is 3.15. The fourth-order valence-corrected chi connectivity index (χ4v) is 5.43. The number of fused-ring (bicyclic) bond motifs is 1. The monoisotopic (exact) mass is 526 g/mol. The molecule has 3 aromatic rings. The van der Waals surface area contributed by atoms with Crippen molar-refractivity contribution >= 4 is 35.0 Å². The van der Waals surface area contributed by atoms with Crippen LogP contribution in [0.15, 0.2) is 57.5 Å². The molecule has 7 nitrogen and oxygen atoms in total. The summed E-state index contributed by atoms with van der Waals surface area (Å²) in [4.78, 5) is 31.6. The van der Waals surface area contributed by atoms with E-state index in [1.165, 1.54) is 23.0 Å². The maximum atomic E-state index is 13.7. The van der Waals surface area contributed by atoms with Crippen LogP contribution in [0.3, 0.4) is 0 Å². The second-order valence-corrected chi connectivity index (χ2v) is 10.1. The summed E-state index contributed by atoms with van der Waals surface area (Å²) in [6.07, 6.45) is 1.67. The topological polar surface area (TPSA) is 90.1 Å². The number of aromatic hydroxyl groups is 1. The van der Waals surface area contributed by atoms with E-state index >= 15 is 0 Å². The molecule has 0 aliphatic carbocycles. The number of rotatable bonds is 6. The molecular weight excluding hydrogens is 500 g/mol. The Labute approximate surface area is 217 Å². The van der Waals surface area contributed by atoms with Crippen molar-refractivity contribution in [1.82, 2.24) is 4.57 Å². The highest BCUT2D eigenvalue weighted by atomic mass is 35.5. The molecule has 1 atom stereocenters. The zero-order chi connectivity index (χ0) is 26.1. The average molecular weight is 527 g/mol. The van der Waals surface area contributed by atoms with Crippen LogP contribution in [0, 0.1) is 0 Å². The zero-order valence-electron chi connectivity index (χ0n) is 20.7. The third-order valence-electron chi connectivity index (χ3n) is 5.99. The summed E-state index contributed by atoms with van der Waals surface area (Å²) in [5, 5.41) is 10.3. The second kappa shape index (κ2) is 10.3. The Morgan fingerprint density at radius 2 is 1.97 bits per heavy atom. The van der Waals surface area contributed by atoms with E-state index in [9.17, 15) is 14.7 Å². The van der Waals surface area contributed by atoms with Crippen LogP contribution >= 0.6 is 22.9 Å². The first-order chi connectivity index (χ1) is 17.2. The van der Waals surface area contributed by atoms with E-state index in [0.29, 0.717) is 38.7 Å². The van der Waals surface area contributed by atoms with Gasteiger partial charge in [0.2, 0.25) is 0 Å². The molecule has 2 aromatic carbocycles. The van der Waals surface area contributed by atoms with Gasteiger partial charge in [-0.05, 0) is 54.7 Å². The smallest absolute Gasteiger partial charge is 0.338 e. The third-order valence-corrected chi connectivity index (χ3v) is 7.27. The van der Waals surface area contributed by atoms with E-state index in [1.54, 1.807) is 32.1 Å². The number of phenolic OH excluding ortho intramolecular Hbond substituents is 1. The summed E-state index contributed by atoms with van der Waals surface area (Å²) in [5.41, 5.74) is 3.05. The summed E-state index contributed by atoms with van der Waals surface area (Å²) in [6.45, 7) is 8.10. The molecule has 188 valence electrons. The van der Waals surface area contributed by atoms with Gasteiger partial charge in [0, 0.05) is 0 Å². The van der Waals surface area contributed by atoms with Gasteiger partial charge < -0.3 is 14.6 Å². The lowest BCUT2D eigenvalue weighted by molar-refractivity contribution is -0.136. The number of esters is 1. The number of allylic oxidation sites excluding steroid dienone is 1. The van der Waals surface area contributed by atoms with Crippen molar-refractivity contribution < 1.29 is 19.4 Å². The van der Waals surface area contributed by atoms with Crippen molar-refractivity contribution in [2.45, 2.75) is 39.7 Å². The third kappa shape index (κ3) is 4.70. The number of methoxy groups -OCH3 is 1. The Kier molecular flexibility index (Phi) is 7.38. The molecule has 2 heterocycles. The summed E-state index contributed by atoms with van der Waals surface area (Å²) >= 11 is 7.40. The predicted octanol–water partition coefficient (Wildman–Crippen LogP) is 4.29. The molecule has 1 aliphatic heterocycles. The van der Waals surface area contributed by atoms with E-state index < -0.39 is 12.0 Å². The van der Waals surface area contributed by atoms with Gasteiger partial charge in [0.1, 0.15) is 0 Å². The number of benzene rings is 2. The van der Waals surface area contributed by atoms with Crippen LogP contribution in [0.1, 0.15) is 56.3 Å². The lowest BCUT2D eigenvalue weighted by Crippen LogP contribution is -2.39. The number of carbonyl (C=O) groups excluding carboxylic acids is 1. The first-order valence-electron chi connectivity index (χ1n) is 11.5. The molecule has 0 amide bonds. The molecule has 0 fully saturated rings. The number of nitrogens with zero attached hydrogens (tertiary/aromatic N) is 2. The summed E-state index contributed by atoms with van der Waals surface area (Å²) < 4.78 is 12.5.